The van der Waals surface area contributed by atoms with E-state index in [-0.39, 0.29) is 64.1 Å². The summed E-state index contributed by atoms with van der Waals surface area (Å²) in [7, 11) is 0. The van der Waals surface area contributed by atoms with Crippen molar-refractivity contribution in [1.29, 1.82) is 0 Å². The van der Waals surface area contributed by atoms with E-state index in [1.165, 1.54) is 22.9 Å². The number of carboxylic acids is 3. The second-order valence-corrected chi connectivity index (χ2v) is 31.2. The van der Waals surface area contributed by atoms with Gasteiger partial charge in [0.1, 0.15) is 32.0 Å². The maximum Gasteiger partial charge on any atom is 0.355 e. The Morgan fingerprint density at radius 2 is 1.10 bits per heavy atom. The molecule has 6 aliphatic rings. The number of aromatic nitrogens is 9. The summed E-state index contributed by atoms with van der Waals surface area (Å²) >= 11 is 3.28. The summed E-state index contributed by atoms with van der Waals surface area (Å²) in [6.07, 6.45) is 9.30. The number of fused-ring (bicyclic) bond motifs is 3. The van der Waals surface area contributed by atoms with Crippen molar-refractivity contribution in [3.05, 3.63) is 106 Å². The molecule has 3 saturated heterocycles. The van der Waals surface area contributed by atoms with E-state index in [0.29, 0.717) is 186 Å². The number of carbonyl (C=O) groups excluding carboxylic acids is 3. The fourth-order valence-corrected chi connectivity index (χ4v) is 19.1. The normalized spacial score (nSPS) is 20.3. The molecule has 0 bridgehead atoms. The van der Waals surface area contributed by atoms with Gasteiger partial charge in [0.2, 0.25) is 0 Å². The Bertz CT molecular complexity index is 3890. The molecule has 0 aromatic carbocycles. The highest BCUT2D eigenvalue weighted by molar-refractivity contribution is 7.13. The second kappa shape index (κ2) is 25.1. The van der Waals surface area contributed by atoms with Crippen LogP contribution in [0.5, 0.6) is 0 Å². The van der Waals surface area contributed by atoms with Gasteiger partial charge in [0, 0.05) is 106 Å². The smallest absolute Gasteiger partial charge is 0.355 e. The number of aryl methyl sites for hydroxylation is 3. The molecule has 0 aliphatic carbocycles. The molecule has 27 heteroatoms. The zero-order chi connectivity index (χ0) is 66.2. The lowest BCUT2D eigenvalue weighted by atomic mass is 9.52. The zero-order valence-electron chi connectivity index (χ0n) is 54.5. The lowest BCUT2D eigenvalue weighted by Gasteiger charge is -2.51. The SMILES string of the molecule is CCn1nc(C(c2nc(C(=O)O)cs2)C(C)(C)CC(c2ncc(C(=O)O)s2)(c2nn(CC)c3c2CC2(CCOCC2)CNC3=O)C(C)(C)[CH]CC(C)(C)C(c2nscc2C(=O)O)c2nn(CC)c3c2CC2(CCOCC2)CNC3=O)c2c1C(=O)NCC1(CCOCC1)C2. The molecule has 12 rings (SSSR count). The first-order chi connectivity index (χ1) is 44.3. The van der Waals surface area contributed by atoms with Crippen LogP contribution in [0.15, 0.2) is 17.0 Å². The van der Waals surface area contributed by atoms with Crippen LogP contribution in [0.3, 0.4) is 0 Å². The van der Waals surface area contributed by atoms with Crippen molar-refractivity contribution in [3.63, 3.8) is 0 Å². The molecule has 6 aromatic rings. The van der Waals surface area contributed by atoms with Crippen molar-refractivity contribution in [2.45, 2.75) is 170 Å². The number of nitrogens with one attached hydrogen (secondary N) is 3. The van der Waals surface area contributed by atoms with Gasteiger partial charge in [-0.25, -0.2) is 24.4 Å². The maximum absolute atomic E-state index is 15.1. The topological polar surface area (TPSA) is 319 Å². The van der Waals surface area contributed by atoms with Gasteiger partial charge in [-0.05, 0) is 142 Å². The molecule has 6 aromatic heterocycles. The van der Waals surface area contributed by atoms with Gasteiger partial charge in [-0.1, -0.05) is 41.5 Å². The van der Waals surface area contributed by atoms with Crippen LogP contribution < -0.4 is 16.0 Å². The van der Waals surface area contributed by atoms with E-state index in [2.05, 4.69) is 63.9 Å². The average molecular weight is 1330 g/mol. The van der Waals surface area contributed by atoms with Gasteiger partial charge < -0.3 is 45.5 Å². The molecule has 12 heterocycles. The van der Waals surface area contributed by atoms with E-state index in [4.69, 9.17) is 43.8 Å². The Kier molecular flexibility index (Phi) is 17.9. The number of amides is 3. The van der Waals surface area contributed by atoms with Gasteiger partial charge >= 0.3 is 17.9 Å². The lowest BCUT2D eigenvalue weighted by Crippen LogP contribution is -2.49. The molecule has 6 N–H and O–H groups in total. The van der Waals surface area contributed by atoms with Crippen LogP contribution in [0.1, 0.15) is 237 Å². The largest absolute Gasteiger partial charge is 0.478 e. The minimum Gasteiger partial charge on any atom is -0.478 e. The standard InChI is InChI=1S/C66H85N12O12S3/c1-10-76-48-37(27-63(34-68-52(48)79)15-21-88-22-16-63)45(72-76)43(47-40(56(82)83)31-92-75-47)60(4,5)13-14-62(8,9)66(59-67-30-42(93-59)58(86)87,51-39-29-65(19-25-90-26-20-65)36-70-54(81)50(39)78(12-3)74-51)33-61(6,7)44(55-71-41(32-91-55)57(84)85)46-38-28-64(17-23-89-24-18-64)35-69-53(80)49(38)77(11-2)73-46/h14,30-32,43-44H,10-13,15-29,33-36H2,1-9H3,(H,68,79)(H,69,80)(H,70,81)(H,82,83)(H,84,85)(H,86,87). The number of aromatic carboxylic acids is 3. The summed E-state index contributed by atoms with van der Waals surface area (Å²) < 4.78 is 28.0. The maximum atomic E-state index is 15.1. The number of carbonyl (C=O) groups is 6. The molecule has 0 saturated carbocycles. The van der Waals surface area contributed by atoms with Gasteiger partial charge in [-0.3, -0.25) is 28.4 Å². The van der Waals surface area contributed by atoms with Gasteiger partial charge in [-0.15, -0.1) is 22.7 Å². The fourth-order valence-electron chi connectivity index (χ4n) is 16.2. The van der Waals surface area contributed by atoms with E-state index in [0.717, 1.165) is 34.0 Å². The van der Waals surface area contributed by atoms with Gasteiger partial charge in [0.15, 0.2) is 5.69 Å². The van der Waals surface area contributed by atoms with Crippen molar-refractivity contribution < 1.29 is 58.3 Å². The minimum atomic E-state index is -1.52. The summed E-state index contributed by atoms with van der Waals surface area (Å²) in [5, 5.41) is 62.7. The number of carboxylic acid groups (broad SMARTS) is 3. The lowest BCUT2D eigenvalue weighted by molar-refractivity contribution is 0.0156. The quantitative estimate of drug-likeness (QED) is 0.0415. The van der Waals surface area contributed by atoms with Crippen LogP contribution in [-0.4, -0.2) is 154 Å². The summed E-state index contributed by atoms with van der Waals surface area (Å²) in [6.45, 7) is 23.5. The number of thiazole rings is 2. The number of hydrogen-bond donors (Lipinski definition) is 6. The van der Waals surface area contributed by atoms with E-state index in [1.54, 1.807) is 19.4 Å². The van der Waals surface area contributed by atoms with Crippen LogP contribution >= 0.6 is 34.2 Å². The Labute approximate surface area is 552 Å². The Balaban J connectivity index is 1.10. The number of ether oxygens (including phenoxy) is 3. The fraction of sp³-hybridized carbons (Fsp3) is 0.621. The molecule has 1 radical (unpaired) electrons. The molecule has 3 fully saturated rings. The van der Waals surface area contributed by atoms with Gasteiger partial charge in [-0.2, -0.15) is 19.7 Å². The van der Waals surface area contributed by atoms with Crippen LogP contribution in [0.2, 0.25) is 0 Å². The summed E-state index contributed by atoms with van der Waals surface area (Å²) in [5.41, 5.74) is -0.826. The van der Waals surface area contributed by atoms with Crippen LogP contribution in [-0.2, 0) is 58.5 Å². The Morgan fingerprint density at radius 3 is 1.55 bits per heavy atom. The van der Waals surface area contributed by atoms with Crippen molar-refractivity contribution in [2.24, 2.45) is 32.5 Å². The molecule has 24 nitrogen and oxygen atoms in total. The van der Waals surface area contributed by atoms with Gasteiger partial charge in [0.05, 0.1) is 51.8 Å². The van der Waals surface area contributed by atoms with Crippen molar-refractivity contribution in [3.8, 4) is 0 Å². The molecular weight excluding hydrogens is 1250 g/mol. The van der Waals surface area contributed by atoms with Crippen LogP contribution in [0, 0.1) is 38.9 Å². The highest BCUT2D eigenvalue weighted by Crippen LogP contribution is 2.62. The molecule has 3 spiro atoms. The summed E-state index contributed by atoms with van der Waals surface area (Å²) in [4.78, 5) is 94.5. The molecular formula is C66H85N12O12S3. The second-order valence-electron chi connectivity index (χ2n) is 28.6. The zero-order valence-corrected chi connectivity index (χ0v) is 56.9. The monoisotopic (exact) mass is 1330 g/mol. The average Bonchev–Trinajstić information content (AvgIpc) is 0.968. The van der Waals surface area contributed by atoms with E-state index >= 15 is 4.79 Å². The third-order valence-electron chi connectivity index (χ3n) is 21.6. The number of nitrogens with zero attached hydrogens (tertiary/aromatic N) is 9. The molecule has 3 atom stereocenters. The Morgan fingerprint density at radius 1 is 0.624 bits per heavy atom. The van der Waals surface area contributed by atoms with Crippen molar-refractivity contribution in [2.75, 3.05) is 59.3 Å². The van der Waals surface area contributed by atoms with Crippen LogP contribution in [0.25, 0.3) is 0 Å². The predicted octanol–water partition coefficient (Wildman–Crippen LogP) is 9.06. The first-order valence-corrected chi connectivity index (χ1v) is 35.1. The third kappa shape index (κ3) is 11.7. The highest BCUT2D eigenvalue weighted by atomic mass is 32.1. The molecule has 3 unspecified atom stereocenters. The van der Waals surface area contributed by atoms with Crippen molar-refractivity contribution in [1.82, 2.24) is 59.6 Å². The molecule has 93 heavy (non-hydrogen) atoms. The van der Waals surface area contributed by atoms with Crippen molar-refractivity contribution >= 4 is 69.8 Å². The molecule has 499 valence electrons. The predicted molar refractivity (Wildman–Crippen MR) is 346 cm³/mol. The summed E-state index contributed by atoms with van der Waals surface area (Å²) in [5.74, 6) is -6.04. The number of rotatable bonds is 20. The van der Waals surface area contributed by atoms with Crippen LogP contribution in [0.4, 0.5) is 0 Å². The van der Waals surface area contributed by atoms with E-state index in [1.807, 2.05) is 20.8 Å². The first-order valence-electron chi connectivity index (χ1n) is 32.5. The summed E-state index contributed by atoms with van der Waals surface area (Å²) in [6, 6.07) is 0. The van der Waals surface area contributed by atoms with Gasteiger partial charge in [0.25, 0.3) is 17.7 Å². The Hall–Kier alpha value is -6.78. The van der Waals surface area contributed by atoms with E-state index < -0.39 is 56.8 Å². The number of hydrogen-bond acceptors (Lipinski definition) is 18. The third-order valence-corrected chi connectivity index (χ3v) is 24.3. The molecule has 3 amide bonds. The molecule has 6 aliphatic heterocycles. The first kappa shape index (κ1) is 66.2. The van der Waals surface area contributed by atoms with E-state index in [9.17, 15) is 39.3 Å². The highest BCUT2D eigenvalue weighted by Gasteiger charge is 2.60. The minimum absolute atomic E-state index is 0.0205.